The van der Waals surface area contributed by atoms with Crippen LogP contribution >= 0.6 is 0 Å². The molecule has 0 fully saturated rings. The van der Waals surface area contributed by atoms with Crippen LogP contribution in [0.3, 0.4) is 0 Å². The number of ether oxygens (including phenoxy) is 1. The van der Waals surface area contributed by atoms with Crippen molar-refractivity contribution in [3.8, 4) is 0 Å². The molecule has 3 N–H and O–H groups in total. The minimum atomic E-state index is -0.665. The van der Waals surface area contributed by atoms with Crippen molar-refractivity contribution in [3.63, 3.8) is 0 Å². The Bertz CT molecular complexity index is 1250. The van der Waals surface area contributed by atoms with Crippen molar-refractivity contribution in [1.82, 2.24) is 5.32 Å². The summed E-state index contributed by atoms with van der Waals surface area (Å²) in [5, 5.41) is 23.3. The molecule has 0 aromatic carbocycles. The maximum absolute atomic E-state index is 12.5. The molecule has 6 nitrogen and oxygen atoms in total. The Morgan fingerprint density at radius 2 is 0.649 bits per heavy atom. The van der Waals surface area contributed by atoms with Gasteiger partial charge in [-0.1, -0.05) is 320 Å². The number of carbonyl (C=O) groups is 2. The number of unbranched alkanes of at least 4 members (excludes halogenated alkanes) is 48. The topological polar surface area (TPSA) is 95.9 Å². The summed E-state index contributed by atoms with van der Waals surface area (Å²) in [6.45, 7) is 4.97. The highest BCUT2D eigenvalue weighted by Gasteiger charge is 2.20. The number of hydrogen-bond acceptors (Lipinski definition) is 5. The molecule has 0 aromatic rings. The van der Waals surface area contributed by atoms with Crippen molar-refractivity contribution in [1.29, 1.82) is 0 Å². The van der Waals surface area contributed by atoms with E-state index in [0.29, 0.717) is 25.9 Å². The van der Waals surface area contributed by atoms with Crippen molar-refractivity contribution in [2.45, 2.75) is 392 Å². The quantitative estimate of drug-likeness (QED) is 0.0320. The first kappa shape index (κ1) is 75.1. The summed E-state index contributed by atoms with van der Waals surface area (Å²) in [6.07, 6.45) is 84.7. The average Bonchev–Trinajstić information content (AvgIpc) is 3.43. The van der Waals surface area contributed by atoms with E-state index < -0.39 is 12.1 Å². The van der Waals surface area contributed by atoms with Crippen LogP contribution in [0.5, 0.6) is 0 Å². The van der Waals surface area contributed by atoms with Gasteiger partial charge < -0.3 is 20.3 Å². The Hall–Kier alpha value is -1.92. The molecular weight excluding hydrogens is 947 g/mol. The predicted molar refractivity (Wildman–Crippen MR) is 338 cm³/mol. The van der Waals surface area contributed by atoms with Crippen molar-refractivity contribution in [2.75, 3.05) is 13.2 Å². The van der Waals surface area contributed by atoms with Gasteiger partial charge in [0.1, 0.15) is 0 Å². The van der Waals surface area contributed by atoms with Crippen LogP contribution < -0.4 is 5.32 Å². The molecule has 0 saturated heterocycles. The molecule has 0 rings (SSSR count). The first-order valence-corrected chi connectivity index (χ1v) is 34.7. The minimum Gasteiger partial charge on any atom is -0.466 e. The lowest BCUT2D eigenvalue weighted by Gasteiger charge is -2.22. The van der Waals surface area contributed by atoms with Crippen LogP contribution in [-0.2, 0) is 14.3 Å². The van der Waals surface area contributed by atoms with E-state index in [1.807, 2.05) is 0 Å². The second-order valence-electron chi connectivity index (χ2n) is 23.9. The van der Waals surface area contributed by atoms with E-state index in [9.17, 15) is 19.8 Å². The third-order valence-corrected chi connectivity index (χ3v) is 16.2. The van der Waals surface area contributed by atoms with Crippen molar-refractivity contribution in [2.24, 2.45) is 0 Å². The fourth-order valence-corrected chi connectivity index (χ4v) is 10.8. The number of aliphatic hydroxyl groups is 2. The Balaban J connectivity index is 3.40. The molecule has 0 radical (unpaired) electrons. The van der Waals surface area contributed by atoms with E-state index in [2.05, 4.69) is 55.6 Å². The molecule has 0 saturated carbocycles. The Morgan fingerprint density at radius 1 is 0.364 bits per heavy atom. The van der Waals surface area contributed by atoms with Gasteiger partial charge in [0.15, 0.2) is 0 Å². The number of aliphatic hydroxyl groups excluding tert-OH is 2. The van der Waals surface area contributed by atoms with Gasteiger partial charge in [-0.15, -0.1) is 0 Å². The van der Waals surface area contributed by atoms with Gasteiger partial charge in [0.05, 0.1) is 25.4 Å². The van der Waals surface area contributed by atoms with Gasteiger partial charge in [-0.25, -0.2) is 0 Å². The lowest BCUT2D eigenvalue weighted by Crippen LogP contribution is -2.45. The first-order valence-electron chi connectivity index (χ1n) is 34.7. The molecule has 0 spiro atoms. The van der Waals surface area contributed by atoms with E-state index in [1.165, 1.54) is 295 Å². The fourth-order valence-electron chi connectivity index (χ4n) is 10.8. The largest absolute Gasteiger partial charge is 0.466 e. The normalized spacial score (nSPS) is 12.7. The molecule has 77 heavy (non-hydrogen) atoms. The molecule has 2 unspecified atom stereocenters. The van der Waals surface area contributed by atoms with Crippen molar-refractivity contribution >= 4 is 11.9 Å². The maximum atomic E-state index is 12.5. The summed E-state index contributed by atoms with van der Waals surface area (Å²) in [7, 11) is 0. The summed E-state index contributed by atoms with van der Waals surface area (Å²) in [4.78, 5) is 24.6. The van der Waals surface area contributed by atoms with Crippen LogP contribution in [0.15, 0.2) is 36.5 Å². The first-order chi connectivity index (χ1) is 38.0. The molecule has 1 amide bonds. The zero-order valence-electron chi connectivity index (χ0n) is 52.0. The molecule has 2 atom stereocenters. The molecule has 0 aliphatic rings. The number of allylic oxidation sites excluding steroid dienone is 6. The molecule has 0 heterocycles. The number of rotatable bonds is 65. The molecule has 0 aliphatic carbocycles. The molecule has 0 aromatic heterocycles. The number of carbonyl (C=O) groups excluding carboxylic acids is 2. The van der Waals surface area contributed by atoms with Crippen LogP contribution in [0.2, 0.25) is 0 Å². The lowest BCUT2D eigenvalue weighted by atomic mass is 10.0. The van der Waals surface area contributed by atoms with E-state index in [4.69, 9.17) is 4.74 Å². The van der Waals surface area contributed by atoms with Crippen molar-refractivity contribution in [3.05, 3.63) is 36.5 Å². The van der Waals surface area contributed by atoms with Gasteiger partial charge in [-0.2, -0.15) is 0 Å². The van der Waals surface area contributed by atoms with Crippen molar-refractivity contribution < 1.29 is 24.5 Å². The standard InChI is InChI=1S/C71H135NO5/c1-3-5-7-9-11-13-15-17-19-37-41-45-49-53-57-61-65-71(76)77-66-62-58-54-50-46-42-38-34-32-30-28-26-24-22-20-21-23-25-27-29-31-33-36-40-44-48-52-56-60-64-70(75)72-68(67-73)69(74)63-59-55-51-47-43-39-35-18-16-14-12-10-8-6-4-2/h19-20,22,26,28,37,68-69,73-74H,3-18,21,23-25,27,29-36,38-67H2,1-2H3,(H,72,75)/b22-20-,28-26-,37-19-. The number of nitrogens with one attached hydrogen (secondary N) is 1. The number of hydrogen-bond donors (Lipinski definition) is 3. The highest BCUT2D eigenvalue weighted by atomic mass is 16.5. The predicted octanol–water partition coefficient (Wildman–Crippen LogP) is 22.3. The van der Waals surface area contributed by atoms with Gasteiger partial charge in [-0.05, 0) is 83.5 Å². The number of amides is 1. The molecule has 0 bridgehead atoms. The van der Waals surface area contributed by atoms with E-state index in [0.717, 1.165) is 51.4 Å². The molecule has 6 heteroatoms. The van der Waals surface area contributed by atoms with Gasteiger partial charge >= 0.3 is 5.97 Å². The van der Waals surface area contributed by atoms with Gasteiger partial charge in [-0.3, -0.25) is 9.59 Å². The highest BCUT2D eigenvalue weighted by molar-refractivity contribution is 5.76. The van der Waals surface area contributed by atoms with Crippen LogP contribution in [0.4, 0.5) is 0 Å². The summed E-state index contributed by atoms with van der Waals surface area (Å²) >= 11 is 0. The van der Waals surface area contributed by atoms with E-state index in [1.54, 1.807) is 0 Å². The number of esters is 1. The Labute approximate surface area is 481 Å². The fraction of sp³-hybridized carbons (Fsp3) is 0.887. The van der Waals surface area contributed by atoms with Crippen LogP contribution in [0.25, 0.3) is 0 Å². The zero-order valence-corrected chi connectivity index (χ0v) is 52.0. The molecule has 454 valence electrons. The average molecular weight is 1080 g/mol. The second kappa shape index (κ2) is 66.6. The lowest BCUT2D eigenvalue weighted by molar-refractivity contribution is -0.143. The van der Waals surface area contributed by atoms with Gasteiger partial charge in [0, 0.05) is 12.8 Å². The third-order valence-electron chi connectivity index (χ3n) is 16.2. The van der Waals surface area contributed by atoms with E-state index in [-0.39, 0.29) is 18.5 Å². The zero-order chi connectivity index (χ0) is 55.7. The summed E-state index contributed by atoms with van der Waals surface area (Å²) in [6, 6.07) is -0.542. The van der Waals surface area contributed by atoms with Crippen LogP contribution in [0.1, 0.15) is 380 Å². The SMILES string of the molecule is CCCCCCCCC/C=C\CCCCCCCC(=O)OCCCCCCCCCCC/C=C\C/C=C\CCCCCCCCCCCCCCCC(=O)NC(CO)C(O)CCCCCCCCCCCCCCCCC. The van der Waals surface area contributed by atoms with Gasteiger partial charge in [0.2, 0.25) is 5.91 Å². The summed E-state index contributed by atoms with van der Waals surface area (Å²) in [5.41, 5.74) is 0. The van der Waals surface area contributed by atoms with E-state index >= 15 is 0 Å². The minimum absolute atomic E-state index is 0.00499. The Kier molecular flexibility index (Phi) is 64.9. The molecular formula is C71H135NO5. The smallest absolute Gasteiger partial charge is 0.305 e. The van der Waals surface area contributed by atoms with Gasteiger partial charge in [0.25, 0.3) is 0 Å². The van der Waals surface area contributed by atoms with Crippen LogP contribution in [0, 0.1) is 0 Å². The van der Waals surface area contributed by atoms with Crippen LogP contribution in [-0.4, -0.2) is 47.4 Å². The monoisotopic (exact) mass is 1080 g/mol. The second-order valence-corrected chi connectivity index (χ2v) is 23.9. The summed E-state index contributed by atoms with van der Waals surface area (Å²) in [5.74, 6) is -0.0288. The third kappa shape index (κ3) is 63.1. The maximum Gasteiger partial charge on any atom is 0.305 e. The summed E-state index contributed by atoms with van der Waals surface area (Å²) < 4.78 is 5.49. The highest BCUT2D eigenvalue weighted by Crippen LogP contribution is 2.18. The molecule has 0 aliphatic heterocycles. The Morgan fingerprint density at radius 3 is 1.00 bits per heavy atom.